The Morgan fingerprint density at radius 2 is 1.82 bits per heavy atom. The minimum absolute atomic E-state index is 0.0306. The lowest BCUT2D eigenvalue weighted by atomic mass is 10.2. The molecule has 2 amide bonds. The van der Waals surface area contributed by atoms with Crippen LogP contribution >= 0.6 is 0 Å². The highest BCUT2D eigenvalue weighted by Gasteiger charge is 2.05. The van der Waals surface area contributed by atoms with Crippen LogP contribution in [0.3, 0.4) is 0 Å². The molecular weight excluding hydrogens is 285 g/mol. The van der Waals surface area contributed by atoms with Gasteiger partial charge in [-0.2, -0.15) is 5.26 Å². The second-order valence-electron chi connectivity index (χ2n) is 4.51. The van der Waals surface area contributed by atoms with Gasteiger partial charge in [-0.05, 0) is 55.0 Å². The van der Waals surface area contributed by atoms with Crippen molar-refractivity contribution in [2.45, 2.75) is 6.92 Å². The molecule has 0 atom stereocenters. The van der Waals surface area contributed by atoms with Crippen molar-refractivity contribution < 1.29 is 13.9 Å². The summed E-state index contributed by atoms with van der Waals surface area (Å²) in [4.78, 5) is 11.8. The fourth-order valence-electron chi connectivity index (χ4n) is 1.77. The van der Waals surface area contributed by atoms with Crippen LogP contribution in [0.2, 0.25) is 0 Å². The zero-order valence-electron chi connectivity index (χ0n) is 11.9. The van der Waals surface area contributed by atoms with Gasteiger partial charge in [-0.25, -0.2) is 9.18 Å². The number of amides is 2. The molecule has 0 saturated carbocycles. The maximum absolute atomic E-state index is 13.1. The molecule has 0 aliphatic heterocycles. The third-order valence-electron chi connectivity index (χ3n) is 2.83. The molecule has 0 saturated heterocycles. The highest BCUT2D eigenvalue weighted by atomic mass is 19.1. The van der Waals surface area contributed by atoms with E-state index in [1.807, 2.05) is 6.07 Å². The molecule has 2 aromatic carbocycles. The Bertz CT molecular complexity index is 708. The van der Waals surface area contributed by atoms with Crippen LogP contribution in [0.5, 0.6) is 5.75 Å². The number of nitrogens with one attached hydrogen (secondary N) is 2. The molecule has 112 valence electrons. The van der Waals surface area contributed by atoms with E-state index in [0.717, 1.165) is 0 Å². The number of nitriles is 1. The van der Waals surface area contributed by atoms with Gasteiger partial charge in [0.15, 0.2) is 6.61 Å². The number of carbonyl (C=O) groups is 1. The number of benzene rings is 2. The SMILES string of the molecule is Cc1cc(NC(=O)Nc2ccc(OCC#N)cc2)ccc1F. The maximum atomic E-state index is 13.1. The molecule has 0 aliphatic rings. The van der Waals surface area contributed by atoms with E-state index in [1.165, 1.54) is 12.1 Å². The number of hydrogen-bond donors (Lipinski definition) is 2. The Hall–Kier alpha value is -3.07. The first-order valence-electron chi connectivity index (χ1n) is 6.52. The molecule has 0 unspecified atom stereocenters. The second kappa shape index (κ2) is 7.09. The molecule has 6 heteroatoms. The predicted molar refractivity (Wildman–Crippen MR) is 81.3 cm³/mol. The first-order valence-corrected chi connectivity index (χ1v) is 6.52. The minimum Gasteiger partial charge on any atom is -0.479 e. The number of rotatable bonds is 4. The number of halogens is 1. The normalized spacial score (nSPS) is 9.68. The maximum Gasteiger partial charge on any atom is 0.323 e. The number of aryl methyl sites for hydroxylation is 1. The molecule has 2 aromatic rings. The summed E-state index contributed by atoms with van der Waals surface area (Å²) < 4.78 is 18.3. The van der Waals surface area contributed by atoms with E-state index in [-0.39, 0.29) is 12.4 Å². The first-order chi connectivity index (χ1) is 10.6. The van der Waals surface area contributed by atoms with E-state index < -0.39 is 6.03 Å². The number of carbonyl (C=O) groups excluding carboxylic acids is 1. The van der Waals surface area contributed by atoms with E-state index >= 15 is 0 Å². The average Bonchev–Trinajstić information content (AvgIpc) is 2.50. The van der Waals surface area contributed by atoms with E-state index in [1.54, 1.807) is 37.3 Å². The van der Waals surface area contributed by atoms with Crippen LogP contribution in [-0.2, 0) is 0 Å². The molecule has 5 nitrogen and oxygen atoms in total. The summed E-state index contributed by atoms with van der Waals surface area (Å²) in [6, 6.07) is 12.4. The third-order valence-corrected chi connectivity index (χ3v) is 2.83. The van der Waals surface area contributed by atoms with Crippen molar-refractivity contribution in [3.8, 4) is 11.8 Å². The minimum atomic E-state index is -0.434. The molecule has 0 spiro atoms. The molecular formula is C16H14FN3O2. The molecule has 2 rings (SSSR count). The molecule has 0 radical (unpaired) electrons. The average molecular weight is 299 g/mol. The fourth-order valence-corrected chi connectivity index (χ4v) is 1.77. The summed E-state index contributed by atoms with van der Waals surface area (Å²) in [6.45, 7) is 1.59. The molecule has 0 aromatic heterocycles. The van der Waals surface area contributed by atoms with Crippen molar-refractivity contribution in [2.75, 3.05) is 17.2 Å². The van der Waals surface area contributed by atoms with E-state index in [4.69, 9.17) is 10.00 Å². The van der Waals surface area contributed by atoms with Gasteiger partial charge >= 0.3 is 6.03 Å². The van der Waals surface area contributed by atoms with Crippen molar-refractivity contribution >= 4 is 17.4 Å². The van der Waals surface area contributed by atoms with Crippen molar-refractivity contribution in [1.82, 2.24) is 0 Å². The van der Waals surface area contributed by atoms with Crippen LogP contribution in [0.15, 0.2) is 42.5 Å². The van der Waals surface area contributed by atoms with Gasteiger partial charge in [0, 0.05) is 11.4 Å². The molecule has 0 fully saturated rings. The topological polar surface area (TPSA) is 74.2 Å². The van der Waals surface area contributed by atoms with Crippen molar-refractivity contribution in [3.05, 3.63) is 53.8 Å². The van der Waals surface area contributed by atoms with Crippen LogP contribution in [0.25, 0.3) is 0 Å². The van der Waals surface area contributed by atoms with E-state index in [9.17, 15) is 9.18 Å². The zero-order chi connectivity index (χ0) is 15.9. The molecule has 0 bridgehead atoms. The summed E-state index contributed by atoms with van der Waals surface area (Å²) in [5.74, 6) is 0.223. The van der Waals surface area contributed by atoms with Gasteiger partial charge < -0.3 is 15.4 Å². The van der Waals surface area contributed by atoms with Crippen molar-refractivity contribution in [1.29, 1.82) is 5.26 Å². The molecule has 0 heterocycles. The lowest BCUT2D eigenvalue weighted by Crippen LogP contribution is -2.19. The number of ether oxygens (including phenoxy) is 1. The van der Waals surface area contributed by atoms with E-state index in [0.29, 0.717) is 22.7 Å². The summed E-state index contributed by atoms with van der Waals surface area (Å²) >= 11 is 0. The number of anilines is 2. The molecule has 22 heavy (non-hydrogen) atoms. The summed E-state index contributed by atoms with van der Waals surface area (Å²) in [5, 5.41) is 13.7. The van der Waals surface area contributed by atoms with Crippen LogP contribution < -0.4 is 15.4 Å². The summed E-state index contributed by atoms with van der Waals surface area (Å²) in [5.41, 5.74) is 1.53. The fraction of sp³-hybridized carbons (Fsp3) is 0.125. The monoisotopic (exact) mass is 299 g/mol. The predicted octanol–water partition coefficient (Wildman–Crippen LogP) is 3.68. The number of hydrogen-bond acceptors (Lipinski definition) is 3. The Balaban J connectivity index is 1.94. The summed E-state index contributed by atoms with van der Waals surface area (Å²) in [6.07, 6.45) is 0. The third kappa shape index (κ3) is 4.21. The van der Waals surface area contributed by atoms with Gasteiger partial charge in [-0.1, -0.05) is 0 Å². The van der Waals surface area contributed by atoms with Crippen LogP contribution in [-0.4, -0.2) is 12.6 Å². The number of urea groups is 1. The smallest absolute Gasteiger partial charge is 0.323 e. The van der Waals surface area contributed by atoms with Gasteiger partial charge in [0.05, 0.1) is 0 Å². The van der Waals surface area contributed by atoms with Gasteiger partial charge in [0.25, 0.3) is 0 Å². The largest absolute Gasteiger partial charge is 0.479 e. The van der Waals surface area contributed by atoms with Crippen LogP contribution in [0.1, 0.15) is 5.56 Å². The Labute approximate surface area is 127 Å². The van der Waals surface area contributed by atoms with Gasteiger partial charge in [0.2, 0.25) is 0 Å². The van der Waals surface area contributed by atoms with Crippen molar-refractivity contribution in [2.24, 2.45) is 0 Å². The van der Waals surface area contributed by atoms with Gasteiger partial charge in [0.1, 0.15) is 17.6 Å². The lowest BCUT2D eigenvalue weighted by Gasteiger charge is -2.09. The lowest BCUT2D eigenvalue weighted by molar-refractivity contribution is 0.262. The second-order valence-corrected chi connectivity index (χ2v) is 4.51. The van der Waals surface area contributed by atoms with Crippen LogP contribution in [0.4, 0.5) is 20.6 Å². The van der Waals surface area contributed by atoms with Gasteiger partial charge in [-0.15, -0.1) is 0 Å². The van der Waals surface area contributed by atoms with E-state index in [2.05, 4.69) is 10.6 Å². The summed E-state index contributed by atoms with van der Waals surface area (Å²) in [7, 11) is 0. The van der Waals surface area contributed by atoms with Crippen molar-refractivity contribution in [3.63, 3.8) is 0 Å². The Kier molecular flexibility index (Phi) is 4.94. The standard InChI is InChI=1S/C16H14FN3O2/c1-11-10-13(4-7-15(11)17)20-16(21)19-12-2-5-14(6-3-12)22-9-8-18/h2-7,10H,9H2,1H3,(H2,19,20,21). The first kappa shape index (κ1) is 15.3. The quantitative estimate of drug-likeness (QED) is 0.904. The molecule has 2 N–H and O–H groups in total. The van der Waals surface area contributed by atoms with Gasteiger partial charge in [-0.3, -0.25) is 0 Å². The van der Waals surface area contributed by atoms with Crippen LogP contribution in [0, 0.1) is 24.1 Å². The highest BCUT2D eigenvalue weighted by Crippen LogP contribution is 2.17. The number of nitrogens with zero attached hydrogens (tertiary/aromatic N) is 1. The highest BCUT2D eigenvalue weighted by molar-refractivity contribution is 5.99. The zero-order valence-corrected chi connectivity index (χ0v) is 11.9. The Morgan fingerprint density at radius 1 is 1.18 bits per heavy atom. The Morgan fingerprint density at radius 3 is 2.45 bits per heavy atom. The molecule has 0 aliphatic carbocycles.